The lowest BCUT2D eigenvalue weighted by molar-refractivity contribution is 0.0611. The van der Waals surface area contributed by atoms with E-state index in [4.69, 9.17) is 14.2 Å². The molecule has 2 heterocycles. The lowest BCUT2D eigenvalue weighted by Crippen LogP contribution is -2.29. The molecule has 0 saturated carbocycles. The molecule has 116 valence electrons. The van der Waals surface area contributed by atoms with Gasteiger partial charge in [0.1, 0.15) is 11.5 Å². The third-order valence-electron chi connectivity index (χ3n) is 5.44. The van der Waals surface area contributed by atoms with E-state index in [0.29, 0.717) is 11.8 Å². The second kappa shape index (κ2) is 4.62. The number of methoxy groups -OCH3 is 2. The molecule has 3 heteroatoms. The van der Waals surface area contributed by atoms with Crippen LogP contribution in [0, 0.1) is 11.8 Å². The predicted molar refractivity (Wildman–Crippen MR) is 87.5 cm³/mol. The Labute approximate surface area is 135 Å². The van der Waals surface area contributed by atoms with Crippen molar-refractivity contribution in [2.24, 2.45) is 11.8 Å². The first kappa shape index (κ1) is 13.2. The Morgan fingerprint density at radius 2 is 1.48 bits per heavy atom. The van der Waals surface area contributed by atoms with Crippen LogP contribution in [-0.4, -0.2) is 14.2 Å². The fraction of sp³-hybridized carbons (Fsp3) is 0.300. The SMILES string of the molecule is COc1ccc(OC)c2c1C1OC2C2C(c3ccccc3)=CC12. The molecule has 4 atom stereocenters. The summed E-state index contributed by atoms with van der Waals surface area (Å²) in [7, 11) is 3.44. The Morgan fingerprint density at radius 1 is 0.826 bits per heavy atom. The van der Waals surface area contributed by atoms with Crippen LogP contribution in [0.2, 0.25) is 0 Å². The van der Waals surface area contributed by atoms with E-state index in [9.17, 15) is 0 Å². The maximum atomic E-state index is 6.35. The number of rotatable bonds is 3. The maximum Gasteiger partial charge on any atom is 0.125 e. The Kier molecular flexibility index (Phi) is 2.65. The van der Waals surface area contributed by atoms with E-state index in [2.05, 4.69) is 36.4 Å². The summed E-state index contributed by atoms with van der Waals surface area (Å²) in [5, 5.41) is 0. The maximum absolute atomic E-state index is 6.35. The molecule has 0 aromatic heterocycles. The molecule has 0 amide bonds. The Hall–Kier alpha value is -2.26. The summed E-state index contributed by atoms with van der Waals surface area (Å²) < 4.78 is 17.5. The van der Waals surface area contributed by atoms with Crippen LogP contribution in [0.15, 0.2) is 48.5 Å². The van der Waals surface area contributed by atoms with Crippen LogP contribution in [0.4, 0.5) is 0 Å². The zero-order valence-corrected chi connectivity index (χ0v) is 13.2. The van der Waals surface area contributed by atoms with Crippen molar-refractivity contribution in [3.8, 4) is 11.5 Å². The van der Waals surface area contributed by atoms with E-state index in [1.165, 1.54) is 22.3 Å². The minimum absolute atomic E-state index is 0.0743. The van der Waals surface area contributed by atoms with Crippen molar-refractivity contribution in [1.82, 2.24) is 0 Å². The quantitative estimate of drug-likeness (QED) is 0.852. The van der Waals surface area contributed by atoms with Crippen LogP contribution in [0.5, 0.6) is 11.5 Å². The molecule has 0 radical (unpaired) electrons. The van der Waals surface area contributed by atoms with E-state index in [-0.39, 0.29) is 12.2 Å². The van der Waals surface area contributed by atoms with Gasteiger partial charge in [-0.3, -0.25) is 0 Å². The summed E-state index contributed by atoms with van der Waals surface area (Å²) >= 11 is 0. The van der Waals surface area contributed by atoms with E-state index in [1.807, 2.05) is 12.1 Å². The van der Waals surface area contributed by atoms with Gasteiger partial charge in [-0.2, -0.15) is 0 Å². The van der Waals surface area contributed by atoms with Gasteiger partial charge in [-0.1, -0.05) is 36.4 Å². The lowest BCUT2D eigenvalue weighted by atomic mass is 9.63. The minimum atomic E-state index is 0.0743. The number of fused-ring (bicyclic) bond motifs is 8. The second-order valence-electron chi connectivity index (χ2n) is 6.37. The fourth-order valence-electron chi connectivity index (χ4n) is 4.45. The van der Waals surface area contributed by atoms with E-state index >= 15 is 0 Å². The third kappa shape index (κ3) is 1.58. The van der Waals surface area contributed by atoms with Gasteiger partial charge in [0.2, 0.25) is 0 Å². The Balaban J connectivity index is 1.62. The largest absolute Gasteiger partial charge is 0.496 e. The third-order valence-corrected chi connectivity index (χ3v) is 5.44. The topological polar surface area (TPSA) is 27.7 Å². The van der Waals surface area contributed by atoms with Crippen molar-refractivity contribution in [3.05, 3.63) is 65.2 Å². The first-order chi connectivity index (χ1) is 11.3. The van der Waals surface area contributed by atoms with Crippen LogP contribution in [0.1, 0.15) is 28.9 Å². The smallest absolute Gasteiger partial charge is 0.125 e. The van der Waals surface area contributed by atoms with Crippen molar-refractivity contribution in [1.29, 1.82) is 0 Å². The van der Waals surface area contributed by atoms with E-state index < -0.39 is 0 Å². The average molecular weight is 306 g/mol. The molecule has 3 aliphatic rings. The highest BCUT2D eigenvalue weighted by molar-refractivity contribution is 5.77. The zero-order valence-electron chi connectivity index (χ0n) is 13.2. The van der Waals surface area contributed by atoms with Gasteiger partial charge in [-0.05, 0) is 23.3 Å². The first-order valence-electron chi connectivity index (χ1n) is 8.01. The molecule has 2 aromatic carbocycles. The first-order valence-corrected chi connectivity index (χ1v) is 8.01. The number of benzene rings is 2. The van der Waals surface area contributed by atoms with Crippen LogP contribution in [-0.2, 0) is 4.74 Å². The molecule has 5 rings (SSSR count). The zero-order chi connectivity index (χ0) is 15.6. The number of hydrogen-bond acceptors (Lipinski definition) is 3. The van der Waals surface area contributed by atoms with Crippen molar-refractivity contribution < 1.29 is 14.2 Å². The number of ether oxygens (including phenoxy) is 3. The minimum Gasteiger partial charge on any atom is -0.496 e. The highest BCUT2D eigenvalue weighted by Gasteiger charge is 2.59. The van der Waals surface area contributed by atoms with Gasteiger partial charge >= 0.3 is 0 Å². The molecule has 1 saturated heterocycles. The summed E-state index contributed by atoms with van der Waals surface area (Å²) in [5.74, 6) is 2.69. The Bertz CT molecular complexity index is 809. The molecule has 4 unspecified atom stereocenters. The van der Waals surface area contributed by atoms with Gasteiger partial charge in [0.05, 0.1) is 26.4 Å². The van der Waals surface area contributed by atoms with Crippen molar-refractivity contribution in [2.75, 3.05) is 14.2 Å². The van der Waals surface area contributed by atoms with E-state index in [1.54, 1.807) is 14.2 Å². The van der Waals surface area contributed by atoms with Gasteiger partial charge in [0, 0.05) is 23.0 Å². The van der Waals surface area contributed by atoms with Crippen LogP contribution >= 0.6 is 0 Å². The summed E-state index contributed by atoms with van der Waals surface area (Å²) in [4.78, 5) is 0. The second-order valence-corrected chi connectivity index (χ2v) is 6.37. The van der Waals surface area contributed by atoms with Crippen molar-refractivity contribution in [3.63, 3.8) is 0 Å². The van der Waals surface area contributed by atoms with Gasteiger partial charge in [-0.25, -0.2) is 0 Å². The molecular weight excluding hydrogens is 288 g/mol. The summed E-state index contributed by atoms with van der Waals surface area (Å²) in [6.45, 7) is 0. The highest BCUT2D eigenvalue weighted by atomic mass is 16.5. The molecule has 23 heavy (non-hydrogen) atoms. The lowest BCUT2D eigenvalue weighted by Gasteiger charge is -2.38. The van der Waals surface area contributed by atoms with E-state index in [0.717, 1.165) is 11.5 Å². The molecule has 2 aromatic rings. The summed E-state index contributed by atoms with van der Waals surface area (Å²) in [6, 6.07) is 14.6. The monoisotopic (exact) mass is 306 g/mol. The summed E-state index contributed by atoms with van der Waals surface area (Å²) in [5.41, 5.74) is 5.06. The molecule has 1 fully saturated rings. The van der Waals surface area contributed by atoms with Crippen LogP contribution in [0.3, 0.4) is 0 Å². The molecule has 0 N–H and O–H groups in total. The number of hydrogen-bond donors (Lipinski definition) is 0. The molecule has 3 nitrogen and oxygen atoms in total. The van der Waals surface area contributed by atoms with Gasteiger partial charge < -0.3 is 14.2 Å². The van der Waals surface area contributed by atoms with Crippen LogP contribution < -0.4 is 9.47 Å². The average Bonchev–Trinajstić information content (AvgIpc) is 3.07. The standard InChI is InChI=1S/C20H18O3/c1-21-14-8-9-15(22-2)18-17(14)19-13-10-12(16(13)20(18)23-19)11-6-4-3-5-7-11/h3-10,13,16,19-20H,1-2H3. The summed E-state index contributed by atoms with van der Waals surface area (Å²) in [6.07, 6.45) is 2.54. The molecule has 0 spiro atoms. The van der Waals surface area contributed by atoms with Gasteiger partial charge in [0.15, 0.2) is 0 Å². The molecule has 2 bridgehead atoms. The normalized spacial score (nSPS) is 29.4. The van der Waals surface area contributed by atoms with Gasteiger partial charge in [0.25, 0.3) is 0 Å². The molecular formula is C20H18O3. The molecule has 1 aliphatic carbocycles. The van der Waals surface area contributed by atoms with Crippen molar-refractivity contribution in [2.45, 2.75) is 12.2 Å². The Morgan fingerprint density at radius 3 is 2.13 bits per heavy atom. The highest BCUT2D eigenvalue weighted by Crippen LogP contribution is 2.68. The van der Waals surface area contributed by atoms with Gasteiger partial charge in [-0.15, -0.1) is 0 Å². The molecule has 2 aliphatic heterocycles. The van der Waals surface area contributed by atoms with Crippen molar-refractivity contribution >= 4 is 5.57 Å². The van der Waals surface area contributed by atoms with Crippen LogP contribution in [0.25, 0.3) is 5.57 Å². The fourth-order valence-corrected chi connectivity index (χ4v) is 4.45. The predicted octanol–water partition coefficient (Wildman–Crippen LogP) is 4.16.